The quantitative estimate of drug-likeness (QED) is 0.855. The summed E-state index contributed by atoms with van der Waals surface area (Å²) in [4.78, 5) is 4.64. The van der Waals surface area contributed by atoms with Gasteiger partial charge in [-0.3, -0.25) is 0 Å². The molecule has 2 N–H and O–H groups in total. The Morgan fingerprint density at radius 1 is 1.24 bits per heavy atom. The number of nitrogens with zero attached hydrogens (tertiary/aromatic N) is 2. The van der Waals surface area contributed by atoms with Crippen LogP contribution in [0.15, 0.2) is 4.52 Å². The highest BCUT2D eigenvalue weighted by Crippen LogP contribution is 2.40. The van der Waals surface area contributed by atoms with Gasteiger partial charge in [-0.05, 0) is 32.6 Å². The zero-order valence-electron chi connectivity index (χ0n) is 10.5. The minimum Gasteiger partial charge on any atom is -0.339 e. The molecule has 2 fully saturated rings. The van der Waals surface area contributed by atoms with Crippen LogP contribution in [0.4, 0.5) is 0 Å². The normalized spacial score (nSPS) is 34.6. The van der Waals surface area contributed by atoms with Gasteiger partial charge >= 0.3 is 0 Å². The third kappa shape index (κ3) is 1.79. The van der Waals surface area contributed by atoms with Crippen LogP contribution in [0, 0.1) is 0 Å². The summed E-state index contributed by atoms with van der Waals surface area (Å²) in [5, 5.41) is 4.18. The number of aromatic nitrogens is 2. The van der Waals surface area contributed by atoms with Gasteiger partial charge in [0.15, 0.2) is 5.82 Å². The van der Waals surface area contributed by atoms with E-state index in [1.54, 1.807) is 0 Å². The minimum absolute atomic E-state index is 0.0934. The highest BCUT2D eigenvalue weighted by Gasteiger charge is 2.43. The van der Waals surface area contributed by atoms with E-state index in [1.807, 2.05) is 0 Å². The van der Waals surface area contributed by atoms with Crippen LogP contribution in [0.3, 0.4) is 0 Å². The molecule has 2 unspecified atom stereocenters. The highest BCUT2D eigenvalue weighted by molar-refractivity contribution is 5.13. The molecule has 0 amide bonds. The van der Waals surface area contributed by atoms with Gasteiger partial charge in [0.05, 0.1) is 5.41 Å². The lowest BCUT2D eigenvalue weighted by molar-refractivity contribution is 0.276. The Morgan fingerprint density at radius 2 is 2.00 bits per heavy atom. The van der Waals surface area contributed by atoms with E-state index >= 15 is 0 Å². The molecule has 0 spiro atoms. The highest BCUT2D eigenvalue weighted by atomic mass is 16.5. The van der Waals surface area contributed by atoms with Crippen LogP contribution in [0.2, 0.25) is 0 Å². The molecule has 17 heavy (non-hydrogen) atoms. The average molecular weight is 235 g/mol. The van der Waals surface area contributed by atoms with Crippen LogP contribution in [-0.4, -0.2) is 16.2 Å². The molecule has 0 aromatic carbocycles. The van der Waals surface area contributed by atoms with Gasteiger partial charge in [0.25, 0.3) is 0 Å². The topological polar surface area (TPSA) is 64.9 Å². The molecule has 0 saturated heterocycles. The van der Waals surface area contributed by atoms with Crippen LogP contribution in [0.1, 0.15) is 69.5 Å². The van der Waals surface area contributed by atoms with Crippen molar-refractivity contribution in [3.05, 3.63) is 11.7 Å². The third-order valence-corrected chi connectivity index (χ3v) is 4.68. The van der Waals surface area contributed by atoms with Gasteiger partial charge in [0.1, 0.15) is 0 Å². The molecular weight excluding hydrogens is 214 g/mol. The second-order valence-electron chi connectivity index (χ2n) is 5.86. The van der Waals surface area contributed by atoms with E-state index in [-0.39, 0.29) is 11.5 Å². The Morgan fingerprint density at radius 3 is 2.65 bits per heavy atom. The van der Waals surface area contributed by atoms with Gasteiger partial charge in [-0.1, -0.05) is 24.4 Å². The van der Waals surface area contributed by atoms with Crippen LogP contribution in [-0.2, 0) is 5.41 Å². The Labute approximate surface area is 102 Å². The number of hydrogen-bond acceptors (Lipinski definition) is 4. The van der Waals surface area contributed by atoms with Crippen molar-refractivity contribution in [1.82, 2.24) is 10.1 Å². The molecular formula is C13H21N3O. The zero-order valence-corrected chi connectivity index (χ0v) is 10.5. The first-order valence-corrected chi connectivity index (χ1v) is 6.80. The largest absolute Gasteiger partial charge is 0.339 e. The van der Waals surface area contributed by atoms with Crippen molar-refractivity contribution in [2.24, 2.45) is 5.73 Å². The fourth-order valence-corrected chi connectivity index (χ4v) is 3.28. The van der Waals surface area contributed by atoms with E-state index in [4.69, 9.17) is 10.3 Å². The monoisotopic (exact) mass is 235 g/mol. The summed E-state index contributed by atoms with van der Waals surface area (Å²) in [6, 6.07) is 0.166. The zero-order chi connectivity index (χ0) is 11.9. The fourth-order valence-electron chi connectivity index (χ4n) is 3.28. The fraction of sp³-hybridized carbons (Fsp3) is 0.846. The molecule has 3 rings (SSSR count). The maximum Gasteiger partial charge on any atom is 0.234 e. The predicted octanol–water partition coefficient (Wildman–Crippen LogP) is 2.50. The maximum atomic E-state index is 6.18. The van der Waals surface area contributed by atoms with Crippen molar-refractivity contribution < 1.29 is 4.52 Å². The Hall–Kier alpha value is -0.900. The average Bonchev–Trinajstić information content (AvgIpc) is 3.01. The molecule has 2 aliphatic rings. The van der Waals surface area contributed by atoms with Gasteiger partial charge in [-0.15, -0.1) is 0 Å². The van der Waals surface area contributed by atoms with Crippen molar-refractivity contribution in [1.29, 1.82) is 0 Å². The van der Waals surface area contributed by atoms with Crippen molar-refractivity contribution >= 4 is 0 Å². The molecule has 94 valence electrons. The number of hydrogen-bond donors (Lipinski definition) is 1. The summed E-state index contributed by atoms with van der Waals surface area (Å²) in [7, 11) is 0. The van der Waals surface area contributed by atoms with Gasteiger partial charge in [-0.25, -0.2) is 0 Å². The summed E-state index contributed by atoms with van der Waals surface area (Å²) < 4.78 is 5.49. The van der Waals surface area contributed by atoms with Crippen LogP contribution >= 0.6 is 0 Å². The van der Waals surface area contributed by atoms with E-state index < -0.39 is 0 Å². The summed E-state index contributed by atoms with van der Waals surface area (Å²) in [6.45, 7) is 2.16. The van der Waals surface area contributed by atoms with E-state index in [0.717, 1.165) is 24.6 Å². The summed E-state index contributed by atoms with van der Waals surface area (Å²) in [6.07, 6.45) is 8.32. The molecule has 4 heteroatoms. The van der Waals surface area contributed by atoms with Gasteiger partial charge in [0.2, 0.25) is 5.89 Å². The molecule has 4 nitrogen and oxygen atoms in total. The summed E-state index contributed by atoms with van der Waals surface area (Å²) in [5.74, 6) is 2.20. The third-order valence-electron chi connectivity index (χ3n) is 4.68. The van der Waals surface area contributed by atoms with Gasteiger partial charge in [-0.2, -0.15) is 4.98 Å². The first kappa shape index (κ1) is 11.2. The molecule has 0 aliphatic heterocycles. The van der Waals surface area contributed by atoms with Crippen molar-refractivity contribution in [2.45, 2.75) is 69.2 Å². The van der Waals surface area contributed by atoms with Crippen LogP contribution in [0.25, 0.3) is 0 Å². The van der Waals surface area contributed by atoms with Gasteiger partial charge in [0, 0.05) is 12.0 Å². The first-order chi connectivity index (χ1) is 8.20. The molecule has 1 heterocycles. The van der Waals surface area contributed by atoms with Crippen LogP contribution < -0.4 is 5.73 Å². The Bertz CT molecular complexity index is 397. The first-order valence-electron chi connectivity index (χ1n) is 6.80. The number of nitrogens with two attached hydrogens (primary N) is 1. The van der Waals surface area contributed by atoms with E-state index in [1.165, 1.54) is 32.1 Å². The SMILES string of the molecule is CC1(c2nc(C3CCCC3)no2)CCCC1N. The molecule has 0 bridgehead atoms. The standard InChI is InChI=1S/C13H21N3O/c1-13(8-4-7-10(13)14)12-15-11(16-17-12)9-5-2-3-6-9/h9-10H,2-8,14H2,1H3. The maximum absolute atomic E-state index is 6.18. The van der Waals surface area contributed by atoms with Crippen LogP contribution in [0.5, 0.6) is 0 Å². The van der Waals surface area contributed by atoms with Crippen molar-refractivity contribution in [3.8, 4) is 0 Å². The smallest absolute Gasteiger partial charge is 0.234 e. The second-order valence-corrected chi connectivity index (χ2v) is 5.86. The minimum atomic E-state index is -0.0934. The molecule has 2 aliphatic carbocycles. The van der Waals surface area contributed by atoms with E-state index in [9.17, 15) is 0 Å². The Balaban J connectivity index is 1.84. The van der Waals surface area contributed by atoms with E-state index in [2.05, 4.69) is 17.1 Å². The molecule has 1 aromatic heterocycles. The molecule has 2 saturated carbocycles. The predicted molar refractivity (Wildman–Crippen MR) is 64.7 cm³/mol. The lowest BCUT2D eigenvalue weighted by Crippen LogP contribution is -2.38. The lowest BCUT2D eigenvalue weighted by atomic mass is 9.85. The number of rotatable bonds is 2. The molecule has 0 radical (unpaired) electrons. The summed E-state index contributed by atoms with van der Waals surface area (Å²) >= 11 is 0. The Kier molecular flexibility index (Phi) is 2.69. The lowest BCUT2D eigenvalue weighted by Gasteiger charge is -2.23. The van der Waals surface area contributed by atoms with Crippen molar-refractivity contribution in [2.75, 3.05) is 0 Å². The van der Waals surface area contributed by atoms with E-state index in [0.29, 0.717) is 5.92 Å². The second kappa shape index (κ2) is 4.09. The van der Waals surface area contributed by atoms with Gasteiger partial charge < -0.3 is 10.3 Å². The molecule has 1 aromatic rings. The van der Waals surface area contributed by atoms with Crippen molar-refractivity contribution in [3.63, 3.8) is 0 Å². The molecule has 2 atom stereocenters. The summed E-state index contributed by atoms with van der Waals surface area (Å²) in [5.41, 5.74) is 6.09.